The van der Waals surface area contributed by atoms with Gasteiger partial charge in [0, 0.05) is 32.1 Å². The SMILES string of the molecule is Cc1cc(C)c(S(=O)(=O)N2CCN(C(=O)[C@@H]3C[C@@H]3C)CC2)c(C)c1. The Morgan fingerprint density at radius 2 is 1.54 bits per heavy atom. The minimum Gasteiger partial charge on any atom is -0.340 e. The van der Waals surface area contributed by atoms with Gasteiger partial charge < -0.3 is 4.90 Å². The highest BCUT2D eigenvalue weighted by molar-refractivity contribution is 7.89. The molecule has 1 amide bonds. The number of hydrogen-bond donors (Lipinski definition) is 0. The maximum atomic E-state index is 13.0. The fraction of sp³-hybridized carbons (Fsp3) is 0.611. The Morgan fingerprint density at radius 1 is 1.04 bits per heavy atom. The Hall–Kier alpha value is -1.40. The van der Waals surface area contributed by atoms with Gasteiger partial charge in [0.15, 0.2) is 0 Å². The van der Waals surface area contributed by atoms with Crippen LogP contribution >= 0.6 is 0 Å². The first-order chi connectivity index (χ1) is 11.2. The Bertz CT molecular complexity index is 741. The molecular weight excluding hydrogens is 324 g/mol. The Balaban J connectivity index is 1.75. The largest absolute Gasteiger partial charge is 0.340 e. The molecule has 1 saturated heterocycles. The highest BCUT2D eigenvalue weighted by atomic mass is 32.2. The number of sulfonamides is 1. The van der Waals surface area contributed by atoms with E-state index >= 15 is 0 Å². The third-order valence-electron chi connectivity index (χ3n) is 5.18. The number of nitrogens with zero attached hydrogens (tertiary/aromatic N) is 2. The Labute approximate surface area is 144 Å². The van der Waals surface area contributed by atoms with Crippen molar-refractivity contribution in [2.75, 3.05) is 26.2 Å². The first kappa shape index (κ1) is 17.4. The van der Waals surface area contributed by atoms with Crippen LogP contribution in [0.5, 0.6) is 0 Å². The zero-order valence-electron chi connectivity index (χ0n) is 14.9. The van der Waals surface area contributed by atoms with Crippen LogP contribution in [0.25, 0.3) is 0 Å². The van der Waals surface area contributed by atoms with Crippen LogP contribution < -0.4 is 0 Å². The summed E-state index contributed by atoms with van der Waals surface area (Å²) < 4.78 is 27.6. The van der Waals surface area contributed by atoms with Crippen molar-refractivity contribution in [3.8, 4) is 0 Å². The maximum Gasteiger partial charge on any atom is 0.243 e. The molecule has 24 heavy (non-hydrogen) atoms. The van der Waals surface area contributed by atoms with Crippen molar-refractivity contribution in [3.05, 3.63) is 28.8 Å². The minimum atomic E-state index is -3.51. The van der Waals surface area contributed by atoms with Crippen molar-refractivity contribution in [1.29, 1.82) is 0 Å². The first-order valence-corrected chi connectivity index (χ1v) is 10.0. The monoisotopic (exact) mass is 350 g/mol. The second kappa shape index (κ2) is 6.15. The number of carbonyl (C=O) groups is 1. The van der Waals surface area contributed by atoms with Crippen LogP contribution in [0.1, 0.15) is 30.0 Å². The number of rotatable bonds is 3. The molecule has 1 aromatic carbocycles. The zero-order valence-corrected chi connectivity index (χ0v) is 15.7. The molecule has 2 atom stereocenters. The lowest BCUT2D eigenvalue weighted by molar-refractivity contribution is -0.134. The Kier molecular flexibility index (Phi) is 4.47. The normalized spacial score (nSPS) is 24.9. The van der Waals surface area contributed by atoms with Crippen LogP contribution in [0, 0.1) is 32.6 Å². The molecule has 0 spiro atoms. The van der Waals surface area contributed by atoms with E-state index < -0.39 is 10.0 Å². The molecule has 1 aromatic rings. The summed E-state index contributed by atoms with van der Waals surface area (Å²) in [5, 5.41) is 0. The quantitative estimate of drug-likeness (QED) is 0.839. The molecule has 0 unspecified atom stereocenters. The van der Waals surface area contributed by atoms with Gasteiger partial charge in [0.2, 0.25) is 15.9 Å². The molecule has 0 N–H and O–H groups in total. The second-order valence-corrected chi connectivity index (χ2v) is 9.15. The Morgan fingerprint density at radius 3 is 2.00 bits per heavy atom. The smallest absolute Gasteiger partial charge is 0.243 e. The van der Waals surface area contributed by atoms with Crippen molar-refractivity contribution in [3.63, 3.8) is 0 Å². The van der Waals surface area contributed by atoms with Gasteiger partial charge in [0.05, 0.1) is 4.90 Å². The summed E-state index contributed by atoms with van der Waals surface area (Å²) >= 11 is 0. The van der Waals surface area contributed by atoms with Crippen LogP contribution in [-0.4, -0.2) is 49.7 Å². The lowest BCUT2D eigenvalue weighted by Crippen LogP contribution is -2.51. The summed E-state index contributed by atoms with van der Waals surface area (Å²) in [6.07, 6.45) is 0.971. The van der Waals surface area contributed by atoms with Crippen molar-refractivity contribution in [2.45, 2.75) is 39.0 Å². The minimum absolute atomic E-state index is 0.162. The predicted molar refractivity (Wildman–Crippen MR) is 93.3 cm³/mol. The lowest BCUT2D eigenvalue weighted by atomic mass is 10.1. The zero-order chi connectivity index (χ0) is 17.6. The van der Waals surface area contributed by atoms with Crippen LogP contribution in [0.2, 0.25) is 0 Å². The van der Waals surface area contributed by atoms with Gasteiger partial charge in [-0.05, 0) is 44.2 Å². The number of amides is 1. The summed E-state index contributed by atoms with van der Waals surface area (Å²) in [6, 6.07) is 3.82. The van der Waals surface area contributed by atoms with Crippen molar-refractivity contribution in [2.24, 2.45) is 11.8 Å². The van der Waals surface area contributed by atoms with E-state index in [1.807, 2.05) is 37.8 Å². The summed E-state index contributed by atoms with van der Waals surface area (Å²) in [7, 11) is -3.51. The van der Waals surface area contributed by atoms with Crippen molar-refractivity contribution < 1.29 is 13.2 Å². The highest BCUT2D eigenvalue weighted by Crippen LogP contribution is 2.39. The molecule has 3 rings (SSSR count). The maximum absolute atomic E-state index is 13.0. The molecule has 0 aromatic heterocycles. The van der Waals surface area contributed by atoms with E-state index in [9.17, 15) is 13.2 Å². The molecule has 0 bridgehead atoms. The van der Waals surface area contributed by atoms with Crippen LogP contribution in [0.15, 0.2) is 17.0 Å². The van der Waals surface area contributed by atoms with Gasteiger partial charge in [-0.1, -0.05) is 24.6 Å². The van der Waals surface area contributed by atoms with Crippen molar-refractivity contribution in [1.82, 2.24) is 9.21 Å². The summed E-state index contributed by atoms with van der Waals surface area (Å²) in [5.41, 5.74) is 2.65. The van der Waals surface area contributed by atoms with Gasteiger partial charge in [-0.25, -0.2) is 8.42 Å². The van der Waals surface area contributed by atoms with E-state index in [1.165, 1.54) is 4.31 Å². The van der Waals surface area contributed by atoms with Gasteiger partial charge >= 0.3 is 0 Å². The van der Waals surface area contributed by atoms with Crippen molar-refractivity contribution >= 4 is 15.9 Å². The van der Waals surface area contributed by atoms with Gasteiger partial charge in [-0.3, -0.25) is 4.79 Å². The van der Waals surface area contributed by atoms with Crippen LogP contribution in [-0.2, 0) is 14.8 Å². The molecule has 1 aliphatic heterocycles. The number of carbonyl (C=O) groups excluding carboxylic acids is 1. The van der Waals surface area contributed by atoms with E-state index in [2.05, 4.69) is 6.92 Å². The average Bonchev–Trinajstić information content (AvgIpc) is 3.22. The fourth-order valence-corrected chi connectivity index (χ4v) is 5.59. The number of aryl methyl sites for hydroxylation is 3. The molecule has 2 aliphatic rings. The van der Waals surface area contributed by atoms with E-state index in [1.54, 1.807) is 0 Å². The average molecular weight is 350 g/mol. The van der Waals surface area contributed by atoms with E-state index in [0.29, 0.717) is 37.0 Å². The molecule has 1 saturated carbocycles. The third kappa shape index (κ3) is 3.09. The number of piperazine rings is 1. The molecule has 6 heteroatoms. The van der Waals surface area contributed by atoms with E-state index in [-0.39, 0.29) is 11.8 Å². The predicted octanol–water partition coefficient (Wildman–Crippen LogP) is 2.10. The number of hydrogen-bond acceptors (Lipinski definition) is 3. The highest BCUT2D eigenvalue weighted by Gasteiger charge is 2.42. The van der Waals surface area contributed by atoms with E-state index in [4.69, 9.17) is 0 Å². The van der Waals surface area contributed by atoms with Crippen LogP contribution in [0.4, 0.5) is 0 Å². The molecule has 132 valence electrons. The van der Waals surface area contributed by atoms with Gasteiger partial charge in [-0.2, -0.15) is 4.31 Å². The standard InChI is InChI=1S/C18H26N2O3S/c1-12-9-14(3)17(15(4)10-12)24(22,23)20-7-5-19(6-8-20)18(21)16-11-13(16)2/h9-10,13,16H,5-8,11H2,1-4H3/t13-,16+/m0/s1. The summed E-state index contributed by atoms with van der Waals surface area (Å²) in [5.74, 6) is 0.842. The lowest BCUT2D eigenvalue weighted by Gasteiger charge is -2.34. The molecule has 1 aliphatic carbocycles. The molecular formula is C18H26N2O3S. The van der Waals surface area contributed by atoms with Gasteiger partial charge in [0.25, 0.3) is 0 Å². The third-order valence-corrected chi connectivity index (χ3v) is 7.38. The molecule has 1 heterocycles. The fourth-order valence-electron chi connectivity index (χ4n) is 3.75. The van der Waals surface area contributed by atoms with E-state index in [0.717, 1.165) is 23.1 Å². The summed E-state index contributed by atoms with van der Waals surface area (Å²) in [6.45, 7) is 9.49. The summed E-state index contributed by atoms with van der Waals surface area (Å²) in [4.78, 5) is 14.5. The topological polar surface area (TPSA) is 57.7 Å². The first-order valence-electron chi connectivity index (χ1n) is 8.58. The molecule has 0 radical (unpaired) electrons. The molecule has 2 fully saturated rings. The van der Waals surface area contributed by atoms with Gasteiger partial charge in [0.1, 0.15) is 0 Å². The molecule has 5 nitrogen and oxygen atoms in total. The van der Waals surface area contributed by atoms with Gasteiger partial charge in [-0.15, -0.1) is 0 Å². The number of benzene rings is 1. The van der Waals surface area contributed by atoms with Crippen LogP contribution in [0.3, 0.4) is 0 Å². The second-order valence-electron chi connectivity index (χ2n) is 7.28.